The first-order chi connectivity index (χ1) is 17.4. The van der Waals surface area contributed by atoms with Crippen molar-refractivity contribution in [3.05, 3.63) is 99.0 Å². The van der Waals surface area contributed by atoms with Crippen molar-refractivity contribution in [2.45, 2.75) is 44.5 Å². The summed E-state index contributed by atoms with van der Waals surface area (Å²) in [4.78, 5) is 25.8. The van der Waals surface area contributed by atoms with Gasteiger partial charge in [-0.1, -0.05) is 40.2 Å². The van der Waals surface area contributed by atoms with Gasteiger partial charge in [0.25, 0.3) is 5.91 Å². The molecule has 37 heavy (non-hydrogen) atoms. The number of amides is 1. The summed E-state index contributed by atoms with van der Waals surface area (Å²) in [7, 11) is 0. The average molecular weight is 576 g/mol. The molecular formula is C28H25BrF3NO4. The molecule has 0 aromatic heterocycles. The van der Waals surface area contributed by atoms with E-state index in [1.807, 2.05) is 31.2 Å². The molecule has 0 saturated heterocycles. The fraction of sp³-hybridized carbons (Fsp3) is 0.286. The van der Waals surface area contributed by atoms with Gasteiger partial charge in [0.2, 0.25) is 0 Å². The standard InChI is InChI=1S/C28H25BrF3NO4/c1-27(15-18-5-8-23(29)9-6-18)16-21-14-20(7-10-24(21)37-27)26(36)33(12-11-25(34)35)17-19-3-2-4-22(13-19)28(30,31)32/h2-10,13-14H,11-12,15-17H2,1H3,(H,34,35). The van der Waals surface area contributed by atoms with E-state index in [1.165, 1.54) is 17.0 Å². The van der Waals surface area contributed by atoms with E-state index in [-0.39, 0.29) is 25.1 Å². The van der Waals surface area contributed by atoms with Crippen LogP contribution in [0, 0.1) is 0 Å². The van der Waals surface area contributed by atoms with Crippen LogP contribution in [0.3, 0.4) is 0 Å². The minimum absolute atomic E-state index is 0.140. The Morgan fingerprint density at radius 1 is 1.05 bits per heavy atom. The number of aliphatic carboxylic acids is 1. The van der Waals surface area contributed by atoms with Gasteiger partial charge in [-0.25, -0.2) is 0 Å². The van der Waals surface area contributed by atoms with Crippen LogP contribution in [0.5, 0.6) is 5.75 Å². The number of carbonyl (C=O) groups excluding carboxylic acids is 1. The van der Waals surface area contributed by atoms with Gasteiger partial charge in [0, 0.05) is 36.0 Å². The number of carbonyl (C=O) groups is 2. The van der Waals surface area contributed by atoms with E-state index in [4.69, 9.17) is 9.84 Å². The molecule has 0 spiro atoms. The van der Waals surface area contributed by atoms with Crippen LogP contribution < -0.4 is 4.74 Å². The Bertz CT molecular complexity index is 1310. The van der Waals surface area contributed by atoms with Gasteiger partial charge in [-0.05, 0) is 66.1 Å². The van der Waals surface area contributed by atoms with Crippen LogP contribution in [0.25, 0.3) is 0 Å². The molecule has 1 unspecified atom stereocenters. The average Bonchev–Trinajstić information content (AvgIpc) is 3.17. The Balaban J connectivity index is 1.53. The number of hydrogen-bond donors (Lipinski definition) is 1. The monoisotopic (exact) mass is 575 g/mol. The van der Waals surface area contributed by atoms with Crippen molar-refractivity contribution >= 4 is 27.8 Å². The van der Waals surface area contributed by atoms with Crippen LogP contribution in [-0.4, -0.2) is 34.0 Å². The number of rotatable bonds is 8. The molecule has 0 saturated carbocycles. The van der Waals surface area contributed by atoms with Crippen molar-refractivity contribution in [2.24, 2.45) is 0 Å². The summed E-state index contributed by atoms with van der Waals surface area (Å²) in [6, 6.07) is 17.7. The molecule has 3 aromatic carbocycles. The number of benzene rings is 3. The smallest absolute Gasteiger partial charge is 0.416 e. The second kappa shape index (κ2) is 10.6. The van der Waals surface area contributed by atoms with Crippen LogP contribution in [-0.2, 0) is 30.4 Å². The van der Waals surface area contributed by atoms with E-state index in [0.29, 0.717) is 24.2 Å². The summed E-state index contributed by atoms with van der Waals surface area (Å²) in [5.74, 6) is -0.887. The molecule has 0 aliphatic carbocycles. The normalized spacial score (nSPS) is 16.7. The Kier molecular flexibility index (Phi) is 7.64. The molecule has 4 rings (SSSR count). The van der Waals surface area contributed by atoms with Crippen molar-refractivity contribution in [2.75, 3.05) is 6.54 Å². The Hall–Kier alpha value is -3.33. The minimum atomic E-state index is -4.52. The third-order valence-electron chi connectivity index (χ3n) is 6.23. The van der Waals surface area contributed by atoms with Crippen molar-refractivity contribution in [3.63, 3.8) is 0 Å². The van der Waals surface area contributed by atoms with E-state index < -0.39 is 29.2 Å². The second-order valence-electron chi connectivity index (χ2n) is 9.42. The predicted octanol–water partition coefficient (Wildman–Crippen LogP) is 6.52. The van der Waals surface area contributed by atoms with Crippen molar-refractivity contribution in [3.8, 4) is 5.75 Å². The summed E-state index contributed by atoms with van der Waals surface area (Å²) in [5, 5.41) is 9.15. The molecule has 3 aromatic rings. The number of ether oxygens (including phenoxy) is 1. The number of hydrogen-bond acceptors (Lipinski definition) is 3. The lowest BCUT2D eigenvalue weighted by Crippen LogP contribution is -2.33. The maximum absolute atomic E-state index is 13.4. The number of carboxylic acid groups (broad SMARTS) is 1. The van der Waals surface area contributed by atoms with Crippen LogP contribution in [0.4, 0.5) is 13.2 Å². The van der Waals surface area contributed by atoms with E-state index in [2.05, 4.69) is 15.9 Å². The first kappa shape index (κ1) is 26.7. The zero-order valence-electron chi connectivity index (χ0n) is 20.0. The molecule has 1 heterocycles. The van der Waals surface area contributed by atoms with Crippen LogP contribution in [0.15, 0.2) is 71.2 Å². The lowest BCUT2D eigenvalue weighted by molar-refractivity contribution is -0.138. The summed E-state index contributed by atoms with van der Waals surface area (Å²) in [6.07, 6.45) is -3.61. The van der Waals surface area contributed by atoms with Crippen LogP contribution in [0.2, 0.25) is 0 Å². The number of fused-ring (bicyclic) bond motifs is 1. The Morgan fingerprint density at radius 2 is 1.78 bits per heavy atom. The zero-order chi connectivity index (χ0) is 26.8. The highest BCUT2D eigenvalue weighted by Gasteiger charge is 2.36. The Labute approximate surface area is 221 Å². The quantitative estimate of drug-likeness (QED) is 0.332. The summed E-state index contributed by atoms with van der Waals surface area (Å²) in [5.41, 5.74) is 1.22. The molecule has 9 heteroatoms. The van der Waals surface area contributed by atoms with E-state index in [1.54, 1.807) is 18.2 Å². The Morgan fingerprint density at radius 3 is 2.46 bits per heavy atom. The molecule has 1 N–H and O–H groups in total. The molecule has 1 amide bonds. The molecule has 1 aliphatic rings. The maximum Gasteiger partial charge on any atom is 0.416 e. The zero-order valence-corrected chi connectivity index (χ0v) is 21.6. The fourth-order valence-corrected chi connectivity index (χ4v) is 4.78. The fourth-order valence-electron chi connectivity index (χ4n) is 4.52. The first-order valence-electron chi connectivity index (χ1n) is 11.7. The highest BCUT2D eigenvalue weighted by Crippen LogP contribution is 2.38. The SMILES string of the molecule is CC1(Cc2ccc(Br)cc2)Cc2cc(C(=O)N(CCC(=O)O)Cc3cccc(C(F)(F)F)c3)ccc2O1. The highest BCUT2D eigenvalue weighted by atomic mass is 79.9. The molecule has 1 aliphatic heterocycles. The molecule has 0 bridgehead atoms. The van der Waals surface area contributed by atoms with Crippen molar-refractivity contribution < 1.29 is 32.6 Å². The predicted molar refractivity (Wildman–Crippen MR) is 135 cm³/mol. The molecular weight excluding hydrogens is 551 g/mol. The van der Waals surface area contributed by atoms with Gasteiger partial charge in [-0.3, -0.25) is 9.59 Å². The van der Waals surface area contributed by atoms with Crippen molar-refractivity contribution in [1.29, 1.82) is 0 Å². The number of carboxylic acids is 1. The lowest BCUT2D eigenvalue weighted by atomic mass is 9.91. The lowest BCUT2D eigenvalue weighted by Gasteiger charge is -2.24. The van der Waals surface area contributed by atoms with E-state index in [0.717, 1.165) is 27.7 Å². The van der Waals surface area contributed by atoms with Gasteiger partial charge in [0.05, 0.1) is 12.0 Å². The van der Waals surface area contributed by atoms with Gasteiger partial charge in [0.15, 0.2) is 0 Å². The summed E-state index contributed by atoms with van der Waals surface area (Å²) in [6.45, 7) is 1.72. The molecule has 0 fully saturated rings. The van der Waals surface area contributed by atoms with Crippen LogP contribution >= 0.6 is 15.9 Å². The number of nitrogens with zero attached hydrogens (tertiary/aromatic N) is 1. The van der Waals surface area contributed by atoms with Gasteiger partial charge >= 0.3 is 12.1 Å². The van der Waals surface area contributed by atoms with Gasteiger partial charge < -0.3 is 14.7 Å². The van der Waals surface area contributed by atoms with Gasteiger partial charge in [0.1, 0.15) is 11.4 Å². The van der Waals surface area contributed by atoms with Crippen molar-refractivity contribution in [1.82, 2.24) is 4.90 Å². The van der Waals surface area contributed by atoms with Gasteiger partial charge in [-0.15, -0.1) is 0 Å². The maximum atomic E-state index is 13.4. The number of halogens is 4. The minimum Gasteiger partial charge on any atom is -0.487 e. The second-order valence-corrected chi connectivity index (χ2v) is 10.3. The summed E-state index contributed by atoms with van der Waals surface area (Å²) >= 11 is 3.43. The largest absolute Gasteiger partial charge is 0.487 e. The van der Waals surface area contributed by atoms with E-state index in [9.17, 15) is 22.8 Å². The van der Waals surface area contributed by atoms with E-state index >= 15 is 0 Å². The first-order valence-corrected chi connectivity index (χ1v) is 12.4. The molecule has 5 nitrogen and oxygen atoms in total. The summed E-state index contributed by atoms with van der Waals surface area (Å²) < 4.78 is 46.7. The van der Waals surface area contributed by atoms with Gasteiger partial charge in [-0.2, -0.15) is 13.2 Å². The topological polar surface area (TPSA) is 66.8 Å². The third kappa shape index (κ3) is 6.71. The van der Waals surface area contributed by atoms with Crippen LogP contribution in [0.1, 0.15) is 46.0 Å². The number of alkyl halides is 3. The molecule has 1 atom stereocenters. The molecule has 194 valence electrons. The highest BCUT2D eigenvalue weighted by molar-refractivity contribution is 9.10. The molecule has 0 radical (unpaired) electrons. The third-order valence-corrected chi connectivity index (χ3v) is 6.76.